The molecule has 458 valence electrons. The molecule has 16 heteroatoms. The SMILES string of the molecule is CC(C)CCC[C@@H](C)[C@H]1CC[C@H]2[C@@H]3CC=C4C[C@@H](OC(=O)[C@@H](CC(C)C)NC(=O)[C@H](Cc5ccccc5)NC(=O)CNC(=O)[C@@H](C)NC(=O)[C@H](Cc5ccc(O)cc5)NC(=O)[C@@H]5CCCN5C(=O)C5=CN(C)C=CC5)CC[C@]4(C)[C@H]3CC[C@]12C. The first kappa shape index (κ1) is 63.6. The van der Waals surface area contributed by atoms with Crippen molar-refractivity contribution < 1.29 is 43.4 Å². The van der Waals surface area contributed by atoms with Crippen LogP contribution in [0.2, 0.25) is 0 Å². The Kier molecular flexibility index (Phi) is 21.3. The summed E-state index contributed by atoms with van der Waals surface area (Å²) in [6.45, 7) is 17.6. The van der Waals surface area contributed by atoms with Crippen LogP contribution in [0.1, 0.15) is 163 Å². The van der Waals surface area contributed by atoms with Crippen molar-refractivity contribution in [2.75, 3.05) is 20.1 Å². The third kappa shape index (κ3) is 15.5. The zero-order valence-corrected chi connectivity index (χ0v) is 51.6. The second kappa shape index (κ2) is 28.2. The van der Waals surface area contributed by atoms with Crippen LogP contribution in [-0.4, -0.2) is 113 Å². The second-order valence-corrected chi connectivity index (χ2v) is 27.0. The lowest BCUT2D eigenvalue weighted by Crippen LogP contribution is -2.57. The van der Waals surface area contributed by atoms with Crippen LogP contribution in [0.5, 0.6) is 5.75 Å². The van der Waals surface area contributed by atoms with Gasteiger partial charge in [-0.25, -0.2) is 4.79 Å². The van der Waals surface area contributed by atoms with E-state index >= 15 is 0 Å². The Bertz CT molecular complexity index is 2760. The lowest BCUT2D eigenvalue weighted by Gasteiger charge is -2.58. The van der Waals surface area contributed by atoms with E-state index in [-0.39, 0.29) is 41.9 Å². The summed E-state index contributed by atoms with van der Waals surface area (Å²) < 4.78 is 6.37. The fraction of sp³-hybridized carbons (Fsp3) is 0.632. The lowest BCUT2D eigenvalue weighted by molar-refractivity contribution is -0.156. The third-order valence-corrected chi connectivity index (χ3v) is 20.1. The van der Waals surface area contributed by atoms with Crippen LogP contribution in [0.3, 0.4) is 0 Å². The molecular formula is C68H97N7O9. The number of phenolic OH excluding ortho intramolecular Hbond substituents is 1. The van der Waals surface area contributed by atoms with Gasteiger partial charge in [0.15, 0.2) is 0 Å². The Morgan fingerprint density at radius 3 is 2.14 bits per heavy atom. The van der Waals surface area contributed by atoms with Crippen molar-refractivity contribution >= 4 is 41.4 Å². The molecular weight excluding hydrogens is 1060 g/mol. The van der Waals surface area contributed by atoms with Crippen LogP contribution in [0.25, 0.3) is 0 Å². The summed E-state index contributed by atoms with van der Waals surface area (Å²) in [5.41, 5.74) is 3.84. The topological polar surface area (TPSA) is 216 Å². The number of nitrogens with one attached hydrogen (secondary N) is 5. The van der Waals surface area contributed by atoms with Crippen molar-refractivity contribution in [1.29, 1.82) is 0 Å². The predicted molar refractivity (Wildman–Crippen MR) is 325 cm³/mol. The van der Waals surface area contributed by atoms with Gasteiger partial charge in [-0.1, -0.05) is 128 Å². The number of phenols is 1. The minimum absolute atomic E-state index is 0.00854. The number of fused-ring (bicyclic) bond motifs is 5. The highest BCUT2D eigenvalue weighted by atomic mass is 16.5. The molecule has 2 aromatic carbocycles. The summed E-state index contributed by atoms with van der Waals surface area (Å²) in [5.74, 6) is 0.589. The molecule has 13 atom stereocenters. The largest absolute Gasteiger partial charge is 0.508 e. The highest BCUT2D eigenvalue weighted by Crippen LogP contribution is 2.67. The number of carbonyl (C=O) groups is 7. The zero-order valence-electron chi connectivity index (χ0n) is 51.6. The number of aromatic hydroxyl groups is 1. The minimum Gasteiger partial charge on any atom is -0.508 e. The lowest BCUT2D eigenvalue weighted by atomic mass is 9.47. The molecule has 0 bridgehead atoms. The quantitative estimate of drug-likeness (QED) is 0.0433. The average molecular weight is 1160 g/mol. The molecule has 6 aliphatic rings. The van der Waals surface area contributed by atoms with E-state index in [1.807, 2.05) is 63.5 Å². The van der Waals surface area contributed by atoms with Crippen LogP contribution in [0, 0.1) is 52.3 Å². The number of rotatable bonds is 24. The Morgan fingerprint density at radius 2 is 1.44 bits per heavy atom. The van der Waals surface area contributed by atoms with Gasteiger partial charge in [0, 0.05) is 44.6 Å². The first-order chi connectivity index (χ1) is 40.0. The molecule has 1 saturated heterocycles. The molecule has 0 unspecified atom stereocenters. The maximum atomic E-state index is 14.4. The minimum atomic E-state index is -1.18. The maximum Gasteiger partial charge on any atom is 0.328 e. The zero-order chi connectivity index (χ0) is 60.5. The van der Waals surface area contributed by atoms with E-state index in [9.17, 15) is 38.7 Å². The molecule has 3 saturated carbocycles. The van der Waals surface area contributed by atoms with Crippen molar-refractivity contribution in [2.45, 2.75) is 201 Å². The van der Waals surface area contributed by atoms with E-state index < -0.39 is 72.3 Å². The number of esters is 1. The van der Waals surface area contributed by atoms with E-state index in [4.69, 9.17) is 4.74 Å². The molecule has 6 N–H and O–H groups in total. The number of benzene rings is 2. The van der Waals surface area contributed by atoms with E-state index in [1.54, 1.807) is 23.2 Å². The molecule has 2 aromatic rings. The van der Waals surface area contributed by atoms with Crippen LogP contribution in [0.15, 0.2) is 90.3 Å². The molecule has 6 amide bonds. The van der Waals surface area contributed by atoms with E-state index in [0.717, 1.165) is 48.5 Å². The molecule has 2 aliphatic heterocycles. The van der Waals surface area contributed by atoms with Gasteiger partial charge in [0.2, 0.25) is 29.5 Å². The summed E-state index contributed by atoms with van der Waals surface area (Å²) in [4.78, 5) is 101. The Hall–Kier alpha value is -6.45. The number of hydrogen-bond acceptors (Lipinski definition) is 10. The van der Waals surface area contributed by atoms with Crippen molar-refractivity contribution in [2.24, 2.45) is 52.3 Å². The Morgan fingerprint density at radius 1 is 0.738 bits per heavy atom. The number of ether oxygens (including phenoxy) is 1. The fourth-order valence-corrected chi connectivity index (χ4v) is 15.6. The van der Waals surface area contributed by atoms with Crippen LogP contribution >= 0.6 is 0 Å². The molecule has 4 fully saturated rings. The summed E-state index contributed by atoms with van der Waals surface area (Å²) in [6, 6.07) is 10.1. The van der Waals surface area contributed by atoms with Crippen LogP contribution in [-0.2, 0) is 51.1 Å². The van der Waals surface area contributed by atoms with Gasteiger partial charge in [0.25, 0.3) is 5.91 Å². The summed E-state index contributed by atoms with van der Waals surface area (Å²) in [6.07, 6.45) is 22.3. The molecule has 4 aliphatic carbocycles. The smallest absolute Gasteiger partial charge is 0.328 e. The Balaban J connectivity index is 0.862. The van der Waals surface area contributed by atoms with Gasteiger partial charge in [-0.05, 0) is 159 Å². The summed E-state index contributed by atoms with van der Waals surface area (Å²) in [7, 11) is 1.82. The van der Waals surface area contributed by atoms with E-state index in [1.165, 1.54) is 74.5 Å². The van der Waals surface area contributed by atoms with Crippen molar-refractivity contribution in [3.63, 3.8) is 0 Å². The maximum absolute atomic E-state index is 14.4. The average Bonchev–Trinajstić information content (AvgIpc) is 1.50. The van der Waals surface area contributed by atoms with Crippen LogP contribution in [0.4, 0.5) is 0 Å². The van der Waals surface area contributed by atoms with Crippen molar-refractivity contribution in [3.05, 3.63) is 101 Å². The Labute approximate surface area is 499 Å². The van der Waals surface area contributed by atoms with Gasteiger partial charge >= 0.3 is 5.97 Å². The van der Waals surface area contributed by atoms with E-state index in [0.29, 0.717) is 67.0 Å². The number of hydrogen-bond donors (Lipinski definition) is 6. The molecule has 8 rings (SSSR count). The second-order valence-electron chi connectivity index (χ2n) is 27.0. The highest BCUT2D eigenvalue weighted by molar-refractivity contribution is 5.99. The van der Waals surface area contributed by atoms with Crippen molar-refractivity contribution in [1.82, 2.24) is 36.4 Å². The molecule has 16 nitrogen and oxygen atoms in total. The number of likely N-dealkylation sites (tertiary alicyclic amines) is 1. The number of allylic oxidation sites excluding steroid dienone is 2. The van der Waals surface area contributed by atoms with Crippen molar-refractivity contribution in [3.8, 4) is 5.75 Å². The number of carbonyl (C=O) groups excluding carboxylic acids is 7. The van der Waals surface area contributed by atoms with Gasteiger partial charge in [0.1, 0.15) is 42.1 Å². The van der Waals surface area contributed by atoms with Gasteiger partial charge < -0.3 is 46.2 Å². The monoisotopic (exact) mass is 1160 g/mol. The summed E-state index contributed by atoms with van der Waals surface area (Å²) in [5, 5.41) is 23.8. The van der Waals surface area contributed by atoms with Crippen LogP contribution < -0.4 is 26.6 Å². The van der Waals surface area contributed by atoms with Gasteiger partial charge in [-0.15, -0.1) is 0 Å². The first-order valence-corrected chi connectivity index (χ1v) is 31.6. The first-order valence-electron chi connectivity index (χ1n) is 31.6. The molecule has 84 heavy (non-hydrogen) atoms. The molecule has 0 spiro atoms. The number of amides is 6. The van der Waals surface area contributed by atoms with Gasteiger partial charge in [-0.3, -0.25) is 28.8 Å². The fourth-order valence-electron chi connectivity index (χ4n) is 15.6. The molecule has 0 radical (unpaired) electrons. The van der Waals surface area contributed by atoms with Gasteiger partial charge in [0.05, 0.1) is 6.54 Å². The normalized spacial score (nSPS) is 27.1. The third-order valence-electron chi connectivity index (χ3n) is 20.1. The van der Waals surface area contributed by atoms with Gasteiger partial charge in [-0.2, -0.15) is 0 Å². The molecule has 2 heterocycles. The number of nitrogens with zero attached hydrogens (tertiary/aromatic N) is 2. The predicted octanol–water partition coefficient (Wildman–Crippen LogP) is 8.98. The highest BCUT2D eigenvalue weighted by Gasteiger charge is 2.59. The van der Waals surface area contributed by atoms with E-state index in [2.05, 4.69) is 67.3 Å². The standard InChI is InChI=1S/C68H97N7O9/c1-42(2)16-13-17-44(5)53-28-29-54-52-27-24-49-39-51(30-32-67(49,7)55(52)31-33-68(53,54)8)84-66(83)58(36-43(3)4)73-63(80)56(37-46-18-11-10-12-19-46)71-60(77)40-69-61(78)45(6)70-62(79)57(38-47-22-25-50(76)26-23-47)72-64(81)59-21-15-35-75(59)65(82)48-20-14-34-74(9)41-48/h10-12,14,18-19,22-26,34,41-45,51-59,76H,13,15-17,20-21,27-33,35-40H2,1-9H3,(H,69,78)(H,70,79)(H,71,77)(H,72,81)(H,73,80)/t44-,45-,51+,52+,53-,54+,55+,56+,57+,58-,59+,67+,68-/m1/s1. The molecule has 0 aromatic heterocycles. The summed E-state index contributed by atoms with van der Waals surface area (Å²) >= 11 is 0.